The van der Waals surface area contributed by atoms with Gasteiger partial charge >= 0.3 is 0 Å². The van der Waals surface area contributed by atoms with Crippen LogP contribution < -0.4 is 0 Å². The summed E-state index contributed by atoms with van der Waals surface area (Å²) in [6.07, 6.45) is 5.30. The van der Waals surface area contributed by atoms with E-state index in [2.05, 4.69) is 44.1 Å². The highest BCUT2D eigenvalue weighted by molar-refractivity contribution is 5.92. The van der Waals surface area contributed by atoms with E-state index < -0.39 is 0 Å². The maximum absolute atomic E-state index is 12.3. The number of hydrogen-bond donors (Lipinski definition) is 1. The molecule has 1 aliphatic heterocycles. The summed E-state index contributed by atoms with van der Waals surface area (Å²) in [6, 6.07) is 10.5. The number of hydrogen-bond acceptors (Lipinski definition) is 4. The van der Waals surface area contributed by atoms with E-state index in [1.807, 2.05) is 19.2 Å². The minimum absolute atomic E-state index is 0.0679. The Morgan fingerprint density at radius 1 is 1.28 bits per heavy atom. The van der Waals surface area contributed by atoms with Crippen LogP contribution in [0.1, 0.15) is 40.4 Å². The van der Waals surface area contributed by atoms with E-state index in [4.69, 9.17) is 0 Å². The number of aryl methyl sites for hydroxylation is 1. The van der Waals surface area contributed by atoms with Crippen LogP contribution in [0.3, 0.4) is 0 Å². The van der Waals surface area contributed by atoms with Gasteiger partial charge in [0.25, 0.3) is 5.91 Å². The number of nitrogens with one attached hydrogen (secondary N) is 1. The Hall–Kier alpha value is -2.73. The number of carbonyl (C=O) groups is 1. The van der Waals surface area contributed by atoms with Gasteiger partial charge in [0.1, 0.15) is 11.5 Å². The zero-order valence-electron chi connectivity index (χ0n) is 17.5. The number of aromatic nitrogens is 3. The van der Waals surface area contributed by atoms with Crippen molar-refractivity contribution in [2.75, 3.05) is 27.2 Å². The molecule has 3 heterocycles. The van der Waals surface area contributed by atoms with Crippen LogP contribution >= 0.6 is 0 Å². The topological polar surface area (TPSA) is 65.1 Å². The number of piperidine rings is 1. The highest BCUT2D eigenvalue weighted by atomic mass is 16.2. The van der Waals surface area contributed by atoms with Crippen LogP contribution in [-0.4, -0.2) is 57.8 Å². The summed E-state index contributed by atoms with van der Waals surface area (Å²) in [5.74, 6) is 1.15. The van der Waals surface area contributed by atoms with Crippen molar-refractivity contribution in [3.8, 4) is 0 Å². The molecule has 6 nitrogen and oxygen atoms in total. The van der Waals surface area contributed by atoms with Gasteiger partial charge in [0.05, 0.1) is 0 Å². The molecular weight excluding hydrogens is 362 g/mol. The number of rotatable bonds is 5. The molecule has 0 aliphatic carbocycles. The van der Waals surface area contributed by atoms with Gasteiger partial charge in [-0.15, -0.1) is 0 Å². The van der Waals surface area contributed by atoms with E-state index in [0.29, 0.717) is 17.4 Å². The summed E-state index contributed by atoms with van der Waals surface area (Å²) in [5, 5.41) is 1.31. The standard InChI is InChI=1S/C23H29N5O/c1-16-25-19(13-22(26-16)23(29)27(2)3)12-17-6-5-11-28(14-17)15-18-7-4-8-21-20(18)9-10-24-21/h4,7-10,13,17,24H,5-6,11-12,14-15H2,1-3H3. The van der Waals surface area contributed by atoms with Crippen molar-refractivity contribution in [3.63, 3.8) is 0 Å². The van der Waals surface area contributed by atoms with E-state index in [1.165, 1.54) is 29.3 Å². The van der Waals surface area contributed by atoms with Gasteiger partial charge in [-0.25, -0.2) is 9.97 Å². The molecule has 0 saturated carbocycles. The third-order valence-electron chi connectivity index (χ3n) is 5.70. The van der Waals surface area contributed by atoms with Crippen molar-refractivity contribution in [1.82, 2.24) is 24.8 Å². The van der Waals surface area contributed by atoms with Crippen molar-refractivity contribution in [3.05, 3.63) is 59.3 Å². The van der Waals surface area contributed by atoms with Crippen LogP contribution in [0, 0.1) is 12.8 Å². The number of fused-ring (bicyclic) bond motifs is 1. The highest BCUT2D eigenvalue weighted by Crippen LogP contribution is 2.24. The normalized spacial score (nSPS) is 17.6. The third-order valence-corrected chi connectivity index (χ3v) is 5.70. The molecule has 0 radical (unpaired) electrons. The Labute approximate surface area is 172 Å². The zero-order chi connectivity index (χ0) is 20.4. The number of carbonyl (C=O) groups excluding carboxylic acids is 1. The van der Waals surface area contributed by atoms with E-state index in [-0.39, 0.29) is 5.91 Å². The Bertz CT molecular complexity index is 1010. The van der Waals surface area contributed by atoms with Crippen molar-refractivity contribution in [2.24, 2.45) is 5.92 Å². The number of amides is 1. The van der Waals surface area contributed by atoms with Crippen molar-refractivity contribution >= 4 is 16.8 Å². The molecule has 1 atom stereocenters. The molecule has 1 aromatic carbocycles. The zero-order valence-corrected chi connectivity index (χ0v) is 17.5. The van der Waals surface area contributed by atoms with Gasteiger partial charge in [-0.05, 0) is 62.4 Å². The number of aromatic amines is 1. The van der Waals surface area contributed by atoms with Gasteiger partial charge in [-0.1, -0.05) is 12.1 Å². The maximum Gasteiger partial charge on any atom is 0.272 e. The Morgan fingerprint density at radius 2 is 2.14 bits per heavy atom. The average Bonchev–Trinajstić information content (AvgIpc) is 3.17. The van der Waals surface area contributed by atoms with Crippen molar-refractivity contribution in [1.29, 1.82) is 0 Å². The quantitative estimate of drug-likeness (QED) is 0.724. The number of H-pyrrole nitrogens is 1. The molecule has 6 heteroatoms. The first-order valence-corrected chi connectivity index (χ1v) is 10.3. The SMILES string of the molecule is Cc1nc(CC2CCCN(Cc3cccc4[nH]ccc34)C2)cc(C(=O)N(C)C)n1. The summed E-state index contributed by atoms with van der Waals surface area (Å²) in [6.45, 7) is 5.02. The summed E-state index contributed by atoms with van der Waals surface area (Å²) < 4.78 is 0. The number of nitrogens with zero attached hydrogens (tertiary/aromatic N) is 4. The monoisotopic (exact) mass is 391 g/mol. The fourth-order valence-electron chi connectivity index (χ4n) is 4.36. The molecule has 0 bridgehead atoms. The second-order valence-electron chi connectivity index (χ2n) is 8.29. The van der Waals surface area contributed by atoms with Gasteiger partial charge < -0.3 is 9.88 Å². The van der Waals surface area contributed by atoms with Gasteiger partial charge in [-0.3, -0.25) is 9.69 Å². The summed E-state index contributed by atoms with van der Waals surface area (Å²) in [5.41, 5.74) is 4.04. The van der Waals surface area contributed by atoms with Gasteiger partial charge in [0, 0.05) is 50.0 Å². The largest absolute Gasteiger partial charge is 0.361 e. The second kappa shape index (κ2) is 8.33. The molecule has 0 spiro atoms. The molecule has 1 aliphatic rings. The Morgan fingerprint density at radius 3 is 2.97 bits per heavy atom. The van der Waals surface area contributed by atoms with Crippen LogP contribution in [0.5, 0.6) is 0 Å². The Kier molecular flexibility index (Phi) is 5.62. The van der Waals surface area contributed by atoms with Crippen LogP contribution in [-0.2, 0) is 13.0 Å². The molecule has 1 amide bonds. The molecule has 2 aromatic heterocycles. The molecule has 152 valence electrons. The molecule has 3 aromatic rings. The van der Waals surface area contributed by atoms with Gasteiger partial charge in [-0.2, -0.15) is 0 Å². The smallest absolute Gasteiger partial charge is 0.272 e. The summed E-state index contributed by atoms with van der Waals surface area (Å²) in [7, 11) is 3.51. The lowest BCUT2D eigenvalue weighted by Gasteiger charge is -2.33. The Balaban J connectivity index is 1.45. The van der Waals surface area contributed by atoms with Gasteiger partial charge in [0.2, 0.25) is 0 Å². The first-order chi connectivity index (χ1) is 14.0. The van der Waals surface area contributed by atoms with E-state index in [9.17, 15) is 4.79 Å². The maximum atomic E-state index is 12.3. The van der Waals surface area contributed by atoms with E-state index in [1.54, 1.807) is 19.0 Å². The third kappa shape index (κ3) is 4.48. The van der Waals surface area contributed by atoms with Gasteiger partial charge in [0.15, 0.2) is 0 Å². The fraction of sp³-hybridized carbons (Fsp3) is 0.435. The molecular formula is C23H29N5O. The van der Waals surface area contributed by atoms with E-state index in [0.717, 1.165) is 31.7 Å². The lowest BCUT2D eigenvalue weighted by atomic mass is 9.92. The predicted octanol–water partition coefficient (Wildman–Crippen LogP) is 3.42. The average molecular weight is 392 g/mol. The van der Waals surface area contributed by atoms with Crippen LogP contribution in [0.25, 0.3) is 10.9 Å². The van der Waals surface area contributed by atoms with Crippen LogP contribution in [0.15, 0.2) is 36.5 Å². The van der Waals surface area contributed by atoms with Crippen LogP contribution in [0.2, 0.25) is 0 Å². The predicted molar refractivity (Wildman–Crippen MR) is 115 cm³/mol. The fourth-order valence-corrected chi connectivity index (χ4v) is 4.36. The van der Waals surface area contributed by atoms with E-state index >= 15 is 0 Å². The molecule has 1 fully saturated rings. The number of benzene rings is 1. The molecule has 1 unspecified atom stereocenters. The minimum Gasteiger partial charge on any atom is -0.361 e. The summed E-state index contributed by atoms with van der Waals surface area (Å²) in [4.78, 5) is 28.7. The first kappa shape index (κ1) is 19.6. The minimum atomic E-state index is -0.0679. The molecule has 1 N–H and O–H groups in total. The molecule has 4 rings (SSSR count). The lowest BCUT2D eigenvalue weighted by molar-refractivity contribution is 0.0821. The second-order valence-corrected chi connectivity index (χ2v) is 8.29. The molecule has 1 saturated heterocycles. The van der Waals surface area contributed by atoms with Crippen LogP contribution in [0.4, 0.5) is 0 Å². The molecule has 29 heavy (non-hydrogen) atoms. The number of likely N-dealkylation sites (tertiary alicyclic amines) is 1. The summed E-state index contributed by atoms with van der Waals surface area (Å²) >= 11 is 0. The van der Waals surface area contributed by atoms with Crippen molar-refractivity contribution in [2.45, 2.75) is 32.7 Å². The highest BCUT2D eigenvalue weighted by Gasteiger charge is 2.22. The lowest BCUT2D eigenvalue weighted by Crippen LogP contribution is -2.36. The first-order valence-electron chi connectivity index (χ1n) is 10.3. The van der Waals surface area contributed by atoms with Crippen molar-refractivity contribution < 1.29 is 4.79 Å².